The average molecular weight is 449 g/mol. The van der Waals surface area contributed by atoms with Crippen molar-refractivity contribution in [2.75, 3.05) is 40.3 Å². The second kappa shape index (κ2) is 10.9. The van der Waals surface area contributed by atoms with Crippen molar-refractivity contribution in [3.8, 4) is 0 Å². The Bertz CT molecular complexity index is 444. The minimum Gasteiger partial charge on any atom is -0.355 e. The molecule has 2 N–H and O–H groups in total. The fourth-order valence-corrected chi connectivity index (χ4v) is 3.13. The molecule has 0 bridgehead atoms. The van der Waals surface area contributed by atoms with Gasteiger partial charge >= 0.3 is 0 Å². The van der Waals surface area contributed by atoms with Crippen LogP contribution >= 0.6 is 24.0 Å². The van der Waals surface area contributed by atoms with Crippen molar-refractivity contribution in [3.05, 3.63) is 12.2 Å². The fraction of sp³-hybridized carbons (Fsp3) is 0.765. The molecule has 0 radical (unpaired) electrons. The molecule has 6 nitrogen and oxygen atoms in total. The summed E-state index contributed by atoms with van der Waals surface area (Å²) in [7, 11) is 3.52. The Morgan fingerprint density at radius 1 is 1.33 bits per heavy atom. The van der Waals surface area contributed by atoms with Crippen LogP contribution in [0.3, 0.4) is 0 Å². The Hall–Kier alpha value is -0.830. The zero-order valence-electron chi connectivity index (χ0n) is 15.1. The highest BCUT2D eigenvalue weighted by Gasteiger charge is 2.23. The molecule has 0 saturated carbocycles. The van der Waals surface area contributed by atoms with Crippen molar-refractivity contribution in [2.24, 2.45) is 4.99 Å². The highest BCUT2D eigenvalue weighted by molar-refractivity contribution is 14.0. The van der Waals surface area contributed by atoms with E-state index in [1.165, 1.54) is 19.4 Å². The van der Waals surface area contributed by atoms with Crippen molar-refractivity contribution < 1.29 is 4.79 Å². The molecule has 0 aromatic rings. The van der Waals surface area contributed by atoms with Gasteiger partial charge in [0, 0.05) is 32.7 Å². The maximum Gasteiger partial charge on any atom is 0.243 e. The first-order valence-corrected chi connectivity index (χ1v) is 8.74. The fourth-order valence-electron chi connectivity index (χ4n) is 3.13. The summed E-state index contributed by atoms with van der Waals surface area (Å²) in [6.07, 6.45) is 8.92. The van der Waals surface area contributed by atoms with E-state index in [9.17, 15) is 4.79 Å². The van der Waals surface area contributed by atoms with Gasteiger partial charge in [-0.2, -0.15) is 0 Å². The summed E-state index contributed by atoms with van der Waals surface area (Å²) in [6.45, 7) is 5.57. The van der Waals surface area contributed by atoms with Crippen LogP contribution in [0.15, 0.2) is 17.1 Å². The number of rotatable bonds is 6. The number of aliphatic imine (C=N–C) groups is 1. The van der Waals surface area contributed by atoms with E-state index in [2.05, 4.69) is 39.6 Å². The normalized spacial score (nSPS) is 21.6. The van der Waals surface area contributed by atoms with Gasteiger partial charge in [0.1, 0.15) is 6.54 Å². The smallest absolute Gasteiger partial charge is 0.243 e. The molecule has 2 aliphatic rings. The van der Waals surface area contributed by atoms with Crippen LogP contribution in [0.2, 0.25) is 0 Å². The SMILES string of the molecule is CCN1CCCC1CNC(=NCC(=O)N(C)C)NC1CC=CC1.I. The Morgan fingerprint density at radius 2 is 2.04 bits per heavy atom. The molecule has 1 fully saturated rings. The minimum atomic E-state index is 0. The number of likely N-dealkylation sites (N-methyl/N-ethyl adjacent to an activating group) is 2. The van der Waals surface area contributed by atoms with Crippen LogP contribution in [0.1, 0.15) is 32.6 Å². The van der Waals surface area contributed by atoms with Gasteiger partial charge in [0.25, 0.3) is 0 Å². The van der Waals surface area contributed by atoms with E-state index < -0.39 is 0 Å². The molecule has 1 aliphatic heterocycles. The molecule has 138 valence electrons. The third-order valence-electron chi connectivity index (χ3n) is 4.63. The predicted octanol–water partition coefficient (Wildman–Crippen LogP) is 1.43. The Kier molecular flexibility index (Phi) is 9.65. The summed E-state index contributed by atoms with van der Waals surface area (Å²) in [4.78, 5) is 20.3. The molecule has 0 aromatic heterocycles. The molecule has 1 unspecified atom stereocenters. The maximum atomic E-state index is 11.8. The molecule has 1 atom stereocenters. The van der Waals surface area contributed by atoms with E-state index in [1.807, 2.05) is 0 Å². The number of likely N-dealkylation sites (tertiary alicyclic amines) is 1. The van der Waals surface area contributed by atoms with E-state index in [0.717, 1.165) is 31.9 Å². The molecule has 0 aromatic carbocycles. The Morgan fingerprint density at radius 3 is 2.67 bits per heavy atom. The van der Waals surface area contributed by atoms with E-state index in [4.69, 9.17) is 0 Å². The van der Waals surface area contributed by atoms with Crippen molar-refractivity contribution in [1.29, 1.82) is 0 Å². The van der Waals surface area contributed by atoms with Crippen LogP contribution < -0.4 is 10.6 Å². The summed E-state index contributed by atoms with van der Waals surface area (Å²) in [5, 5.41) is 6.90. The molecule has 2 rings (SSSR count). The summed E-state index contributed by atoms with van der Waals surface area (Å²) in [6, 6.07) is 0.958. The molecular weight excluding hydrogens is 417 g/mol. The first kappa shape index (κ1) is 21.2. The van der Waals surface area contributed by atoms with E-state index in [1.54, 1.807) is 19.0 Å². The Labute approximate surface area is 163 Å². The summed E-state index contributed by atoms with van der Waals surface area (Å²) >= 11 is 0. The first-order chi connectivity index (χ1) is 11.1. The molecule has 1 amide bonds. The molecule has 1 aliphatic carbocycles. The standard InChI is InChI=1S/C17H31N5O.HI/c1-4-22-11-7-10-15(22)12-18-17(19-13-16(23)21(2)3)20-14-8-5-6-9-14;/h5-6,14-15H,4,7-13H2,1-3H3,(H2,18,19,20);1H. The molecule has 7 heteroatoms. The van der Waals surface area contributed by atoms with Gasteiger partial charge in [0.15, 0.2) is 5.96 Å². The topological polar surface area (TPSA) is 60.0 Å². The second-order valence-corrected chi connectivity index (χ2v) is 6.54. The molecule has 1 heterocycles. The summed E-state index contributed by atoms with van der Waals surface area (Å²) < 4.78 is 0. The van der Waals surface area contributed by atoms with E-state index in [-0.39, 0.29) is 36.4 Å². The van der Waals surface area contributed by atoms with Gasteiger partial charge in [-0.15, -0.1) is 24.0 Å². The third-order valence-corrected chi connectivity index (χ3v) is 4.63. The van der Waals surface area contributed by atoms with Gasteiger partial charge in [0.2, 0.25) is 5.91 Å². The van der Waals surface area contributed by atoms with Crippen molar-refractivity contribution in [2.45, 2.75) is 44.7 Å². The maximum absolute atomic E-state index is 11.8. The first-order valence-electron chi connectivity index (χ1n) is 8.74. The van der Waals surface area contributed by atoms with Crippen LogP contribution in [0.4, 0.5) is 0 Å². The lowest BCUT2D eigenvalue weighted by atomic mass is 10.2. The minimum absolute atomic E-state index is 0. The third kappa shape index (κ3) is 6.58. The number of halogens is 1. The lowest BCUT2D eigenvalue weighted by molar-refractivity contribution is -0.127. The van der Waals surface area contributed by atoms with Gasteiger partial charge in [-0.1, -0.05) is 19.1 Å². The number of carbonyl (C=O) groups excluding carboxylic acids is 1. The predicted molar refractivity (Wildman–Crippen MR) is 110 cm³/mol. The van der Waals surface area contributed by atoms with E-state index in [0.29, 0.717) is 12.1 Å². The molecule has 1 saturated heterocycles. The molecule has 24 heavy (non-hydrogen) atoms. The van der Waals surface area contributed by atoms with Gasteiger partial charge < -0.3 is 15.5 Å². The highest BCUT2D eigenvalue weighted by Crippen LogP contribution is 2.15. The second-order valence-electron chi connectivity index (χ2n) is 6.54. The average Bonchev–Trinajstić information content (AvgIpc) is 3.20. The van der Waals surface area contributed by atoms with Crippen LogP contribution in [-0.4, -0.2) is 74.0 Å². The number of carbonyl (C=O) groups is 1. The monoisotopic (exact) mass is 449 g/mol. The zero-order valence-corrected chi connectivity index (χ0v) is 17.5. The number of guanidine groups is 1. The van der Waals surface area contributed by atoms with E-state index >= 15 is 0 Å². The summed E-state index contributed by atoms with van der Waals surface area (Å²) in [5.41, 5.74) is 0. The largest absolute Gasteiger partial charge is 0.355 e. The van der Waals surface area contributed by atoms with Crippen LogP contribution in [0, 0.1) is 0 Å². The number of hydrogen-bond acceptors (Lipinski definition) is 3. The van der Waals surface area contributed by atoms with Crippen molar-refractivity contribution >= 4 is 35.8 Å². The van der Waals surface area contributed by atoms with Gasteiger partial charge in [-0.05, 0) is 38.8 Å². The van der Waals surface area contributed by atoms with Crippen LogP contribution in [0.5, 0.6) is 0 Å². The van der Waals surface area contributed by atoms with Crippen LogP contribution in [-0.2, 0) is 4.79 Å². The molecule has 0 spiro atoms. The summed E-state index contributed by atoms with van der Waals surface area (Å²) in [5.74, 6) is 0.781. The highest BCUT2D eigenvalue weighted by atomic mass is 127. The quantitative estimate of drug-likeness (QED) is 0.279. The van der Waals surface area contributed by atoms with Gasteiger partial charge in [-0.3, -0.25) is 9.69 Å². The number of hydrogen-bond donors (Lipinski definition) is 2. The van der Waals surface area contributed by atoms with Crippen molar-refractivity contribution in [3.63, 3.8) is 0 Å². The lowest BCUT2D eigenvalue weighted by Crippen LogP contribution is -2.47. The number of nitrogens with zero attached hydrogens (tertiary/aromatic N) is 3. The molecular formula is C17H32IN5O. The van der Waals surface area contributed by atoms with Crippen LogP contribution in [0.25, 0.3) is 0 Å². The number of nitrogens with one attached hydrogen (secondary N) is 2. The lowest BCUT2D eigenvalue weighted by Gasteiger charge is -2.25. The van der Waals surface area contributed by atoms with Gasteiger partial charge in [0.05, 0.1) is 0 Å². The Balaban J connectivity index is 0.00000288. The van der Waals surface area contributed by atoms with Gasteiger partial charge in [-0.25, -0.2) is 4.99 Å². The number of amides is 1. The zero-order chi connectivity index (χ0) is 16.7. The van der Waals surface area contributed by atoms with Crippen molar-refractivity contribution in [1.82, 2.24) is 20.4 Å².